The van der Waals surface area contributed by atoms with Crippen molar-refractivity contribution < 1.29 is 18.9 Å². The molecule has 2 fully saturated rings. The minimum atomic E-state index is -0.319. The lowest BCUT2D eigenvalue weighted by Gasteiger charge is -2.19. The molecule has 1 aromatic rings. The summed E-state index contributed by atoms with van der Waals surface area (Å²) in [6, 6.07) is 6.18. The van der Waals surface area contributed by atoms with Crippen molar-refractivity contribution >= 4 is 0 Å². The molecule has 5 heteroatoms. The molecule has 0 atom stereocenters. The molecule has 19 heavy (non-hydrogen) atoms. The lowest BCUT2D eigenvalue weighted by Crippen LogP contribution is -2.10. The molecule has 2 N–H and O–H groups in total. The van der Waals surface area contributed by atoms with E-state index in [0.29, 0.717) is 33.0 Å². The van der Waals surface area contributed by atoms with E-state index < -0.39 is 0 Å². The van der Waals surface area contributed by atoms with Crippen molar-refractivity contribution in [2.24, 2.45) is 5.73 Å². The summed E-state index contributed by atoms with van der Waals surface area (Å²) in [6.45, 7) is 3.12. The smallest absolute Gasteiger partial charge is 0.184 e. The Hall–Kier alpha value is -0.980. The van der Waals surface area contributed by atoms with E-state index in [0.717, 1.165) is 17.5 Å². The molecular weight excluding hydrogens is 246 g/mol. The molecular formula is C14H19NO4. The highest BCUT2D eigenvalue weighted by Crippen LogP contribution is 2.34. The van der Waals surface area contributed by atoms with Crippen LogP contribution in [0.3, 0.4) is 0 Å². The molecule has 1 aromatic carbocycles. The lowest BCUT2D eigenvalue weighted by atomic mass is 10.0. The molecule has 104 valence electrons. The number of hydrogen-bond donors (Lipinski definition) is 1. The van der Waals surface area contributed by atoms with E-state index in [9.17, 15) is 0 Å². The number of benzene rings is 1. The summed E-state index contributed by atoms with van der Waals surface area (Å²) < 4.78 is 22.4. The molecule has 2 aliphatic heterocycles. The van der Waals surface area contributed by atoms with Crippen LogP contribution in [0.4, 0.5) is 0 Å². The summed E-state index contributed by atoms with van der Waals surface area (Å²) in [5.74, 6) is 0. The first-order valence-electron chi connectivity index (χ1n) is 6.67. The van der Waals surface area contributed by atoms with Crippen LogP contribution in [0.2, 0.25) is 0 Å². The van der Waals surface area contributed by atoms with E-state index in [2.05, 4.69) is 12.1 Å². The molecule has 0 bridgehead atoms. The maximum atomic E-state index is 5.61. The highest BCUT2D eigenvalue weighted by Gasteiger charge is 2.28. The third-order valence-electron chi connectivity index (χ3n) is 3.34. The fraction of sp³-hybridized carbons (Fsp3) is 0.571. The maximum Gasteiger partial charge on any atom is 0.184 e. The first-order chi connectivity index (χ1) is 9.38. The topological polar surface area (TPSA) is 62.9 Å². The molecule has 0 unspecified atom stereocenters. The molecule has 2 aliphatic rings. The Labute approximate surface area is 112 Å². The van der Waals surface area contributed by atoms with Gasteiger partial charge >= 0.3 is 0 Å². The van der Waals surface area contributed by atoms with Gasteiger partial charge in [-0.2, -0.15) is 0 Å². The van der Waals surface area contributed by atoms with Gasteiger partial charge < -0.3 is 24.7 Å². The van der Waals surface area contributed by atoms with Gasteiger partial charge in [-0.25, -0.2) is 0 Å². The van der Waals surface area contributed by atoms with Gasteiger partial charge in [0.25, 0.3) is 0 Å². The number of nitrogens with two attached hydrogens (primary N) is 1. The van der Waals surface area contributed by atoms with Gasteiger partial charge in [0.2, 0.25) is 0 Å². The molecule has 0 aliphatic carbocycles. The van der Waals surface area contributed by atoms with Gasteiger partial charge in [0.05, 0.1) is 26.4 Å². The van der Waals surface area contributed by atoms with Crippen molar-refractivity contribution in [3.8, 4) is 0 Å². The van der Waals surface area contributed by atoms with Crippen LogP contribution < -0.4 is 5.73 Å². The van der Waals surface area contributed by atoms with Gasteiger partial charge in [-0.05, 0) is 18.5 Å². The molecule has 0 amide bonds. The SMILES string of the molecule is NCCc1ccc(C2OCCO2)c(C2OCCO2)c1. The Morgan fingerprint density at radius 1 is 0.895 bits per heavy atom. The third-order valence-corrected chi connectivity index (χ3v) is 3.34. The summed E-state index contributed by atoms with van der Waals surface area (Å²) in [5, 5.41) is 0. The zero-order chi connectivity index (χ0) is 13.1. The fourth-order valence-electron chi connectivity index (χ4n) is 2.44. The summed E-state index contributed by atoms with van der Waals surface area (Å²) in [5.41, 5.74) is 8.78. The van der Waals surface area contributed by atoms with E-state index in [1.54, 1.807) is 0 Å². The van der Waals surface area contributed by atoms with Gasteiger partial charge in [-0.3, -0.25) is 0 Å². The molecule has 5 nitrogen and oxygen atoms in total. The van der Waals surface area contributed by atoms with E-state index >= 15 is 0 Å². The number of rotatable bonds is 4. The average molecular weight is 265 g/mol. The summed E-state index contributed by atoms with van der Waals surface area (Å²) >= 11 is 0. The van der Waals surface area contributed by atoms with Crippen molar-refractivity contribution in [2.75, 3.05) is 33.0 Å². The fourth-order valence-corrected chi connectivity index (χ4v) is 2.44. The Kier molecular flexibility index (Phi) is 4.10. The Balaban J connectivity index is 1.91. The molecule has 0 spiro atoms. The van der Waals surface area contributed by atoms with Crippen LogP contribution in [0.15, 0.2) is 18.2 Å². The van der Waals surface area contributed by atoms with Crippen LogP contribution in [0.1, 0.15) is 29.3 Å². The maximum absolute atomic E-state index is 5.61. The molecule has 0 aromatic heterocycles. The third kappa shape index (κ3) is 2.80. The Bertz CT molecular complexity index is 425. The molecule has 0 saturated carbocycles. The first kappa shape index (κ1) is 13.0. The summed E-state index contributed by atoms with van der Waals surface area (Å²) in [6.07, 6.45) is 0.210. The molecule has 3 rings (SSSR count). The predicted octanol–water partition coefficient (Wildman–Crippen LogP) is 1.28. The van der Waals surface area contributed by atoms with E-state index in [1.807, 2.05) is 6.07 Å². The van der Waals surface area contributed by atoms with Crippen molar-refractivity contribution in [3.05, 3.63) is 34.9 Å². The highest BCUT2D eigenvalue weighted by atomic mass is 16.7. The average Bonchev–Trinajstić information content (AvgIpc) is 3.13. The quantitative estimate of drug-likeness (QED) is 0.888. The lowest BCUT2D eigenvalue weighted by molar-refractivity contribution is -0.0637. The van der Waals surface area contributed by atoms with Crippen molar-refractivity contribution in [3.63, 3.8) is 0 Å². The minimum absolute atomic E-state index is 0.310. The van der Waals surface area contributed by atoms with Crippen molar-refractivity contribution in [1.29, 1.82) is 0 Å². The second-order valence-electron chi connectivity index (χ2n) is 4.65. The summed E-state index contributed by atoms with van der Waals surface area (Å²) in [7, 11) is 0. The van der Waals surface area contributed by atoms with E-state index in [1.165, 1.54) is 5.56 Å². The highest BCUT2D eigenvalue weighted by molar-refractivity contribution is 5.34. The predicted molar refractivity (Wildman–Crippen MR) is 68.5 cm³/mol. The second-order valence-corrected chi connectivity index (χ2v) is 4.65. The standard InChI is InChI=1S/C14H19NO4/c15-4-3-10-1-2-11(13-16-5-6-17-13)12(9-10)14-18-7-8-19-14/h1-2,9,13-14H,3-8,15H2. The van der Waals surface area contributed by atoms with Crippen LogP contribution in [0.25, 0.3) is 0 Å². The number of hydrogen-bond acceptors (Lipinski definition) is 5. The van der Waals surface area contributed by atoms with Crippen LogP contribution in [0.5, 0.6) is 0 Å². The largest absolute Gasteiger partial charge is 0.346 e. The molecule has 0 radical (unpaired) electrons. The second kappa shape index (κ2) is 5.98. The zero-order valence-corrected chi connectivity index (χ0v) is 10.8. The van der Waals surface area contributed by atoms with Gasteiger partial charge in [0.15, 0.2) is 12.6 Å². The van der Waals surface area contributed by atoms with Gasteiger partial charge in [-0.1, -0.05) is 18.2 Å². The molecule has 2 heterocycles. The zero-order valence-electron chi connectivity index (χ0n) is 10.8. The van der Waals surface area contributed by atoms with Gasteiger partial charge in [0, 0.05) is 11.1 Å². The van der Waals surface area contributed by atoms with Crippen molar-refractivity contribution in [2.45, 2.75) is 19.0 Å². The van der Waals surface area contributed by atoms with Crippen LogP contribution in [0, 0.1) is 0 Å². The van der Waals surface area contributed by atoms with E-state index in [4.69, 9.17) is 24.7 Å². The minimum Gasteiger partial charge on any atom is -0.346 e. The number of ether oxygens (including phenoxy) is 4. The van der Waals surface area contributed by atoms with Crippen LogP contribution >= 0.6 is 0 Å². The summed E-state index contributed by atoms with van der Waals surface area (Å²) in [4.78, 5) is 0. The normalized spacial score (nSPS) is 21.3. The van der Waals surface area contributed by atoms with Crippen LogP contribution in [-0.2, 0) is 25.4 Å². The van der Waals surface area contributed by atoms with Crippen molar-refractivity contribution in [1.82, 2.24) is 0 Å². The molecule has 2 saturated heterocycles. The van der Waals surface area contributed by atoms with Gasteiger partial charge in [0.1, 0.15) is 0 Å². The Morgan fingerprint density at radius 3 is 2.05 bits per heavy atom. The van der Waals surface area contributed by atoms with Gasteiger partial charge in [-0.15, -0.1) is 0 Å². The van der Waals surface area contributed by atoms with E-state index in [-0.39, 0.29) is 12.6 Å². The van der Waals surface area contributed by atoms with Crippen LogP contribution in [-0.4, -0.2) is 33.0 Å². The Morgan fingerprint density at radius 2 is 1.47 bits per heavy atom. The monoisotopic (exact) mass is 265 g/mol. The first-order valence-corrected chi connectivity index (χ1v) is 6.67.